The number of nitrogens with zero attached hydrogens (tertiary/aromatic N) is 2. The van der Waals surface area contributed by atoms with E-state index in [9.17, 15) is 0 Å². The highest BCUT2D eigenvalue weighted by atomic mass is 14.8. The highest BCUT2D eigenvalue weighted by molar-refractivity contribution is 5.82. The van der Waals surface area contributed by atoms with E-state index in [1.165, 1.54) is 0 Å². The second-order valence-electron chi connectivity index (χ2n) is 2.71. The van der Waals surface area contributed by atoms with Gasteiger partial charge < -0.3 is 5.73 Å². The van der Waals surface area contributed by atoms with E-state index >= 15 is 0 Å². The molecule has 0 atom stereocenters. The summed E-state index contributed by atoms with van der Waals surface area (Å²) in [5, 5.41) is 1.03. The van der Waals surface area contributed by atoms with Gasteiger partial charge in [0.15, 0.2) is 5.65 Å². The van der Waals surface area contributed by atoms with Crippen LogP contribution in [0.5, 0.6) is 0 Å². The number of hydrogen-bond donors (Lipinski definition) is 1. The minimum atomic E-state index is 0.718. The Morgan fingerprint density at radius 1 is 1.33 bits per heavy atom. The van der Waals surface area contributed by atoms with Crippen LogP contribution in [0.25, 0.3) is 11.0 Å². The molecule has 2 rings (SSSR count). The van der Waals surface area contributed by atoms with Crippen LogP contribution in [0.1, 0.15) is 5.56 Å². The Balaban J connectivity index is 2.91. The van der Waals surface area contributed by atoms with Crippen LogP contribution in [0, 0.1) is 6.92 Å². The first-order valence-electron chi connectivity index (χ1n) is 3.75. The molecular weight excluding hydrogens is 150 g/mol. The van der Waals surface area contributed by atoms with Crippen molar-refractivity contribution in [3.8, 4) is 0 Å². The van der Waals surface area contributed by atoms with Crippen molar-refractivity contribution < 1.29 is 0 Å². The average Bonchev–Trinajstić information content (AvgIpc) is 2.12. The van der Waals surface area contributed by atoms with E-state index < -0.39 is 0 Å². The van der Waals surface area contributed by atoms with Gasteiger partial charge in [-0.05, 0) is 24.6 Å². The van der Waals surface area contributed by atoms with Gasteiger partial charge in [-0.2, -0.15) is 0 Å². The summed E-state index contributed by atoms with van der Waals surface area (Å²) in [5.41, 5.74) is 8.22. The van der Waals surface area contributed by atoms with Crippen molar-refractivity contribution >= 4 is 16.7 Å². The molecule has 2 N–H and O–H groups in total. The smallest absolute Gasteiger partial charge is 0.159 e. The molecule has 0 aliphatic rings. The van der Waals surface area contributed by atoms with Crippen molar-refractivity contribution in [2.24, 2.45) is 0 Å². The maximum absolute atomic E-state index is 5.70. The van der Waals surface area contributed by atoms with E-state index in [1.807, 2.05) is 19.1 Å². The monoisotopic (exact) mass is 159 g/mol. The summed E-state index contributed by atoms with van der Waals surface area (Å²) in [7, 11) is 0. The fraction of sp³-hybridized carbons (Fsp3) is 0.111. The summed E-state index contributed by atoms with van der Waals surface area (Å²) in [5.74, 6) is 0. The highest BCUT2D eigenvalue weighted by Gasteiger charge is 2.00. The third kappa shape index (κ3) is 0.906. The van der Waals surface area contributed by atoms with E-state index in [1.54, 1.807) is 12.4 Å². The number of nitrogens with two attached hydrogens (primary N) is 1. The molecule has 0 saturated carbocycles. The number of fused-ring (bicyclic) bond motifs is 1. The lowest BCUT2D eigenvalue weighted by Gasteiger charge is -2.02. The van der Waals surface area contributed by atoms with Crippen LogP contribution >= 0.6 is 0 Å². The molecule has 0 bridgehead atoms. The molecule has 0 amide bonds. The molecule has 0 aliphatic heterocycles. The molecule has 0 unspecified atom stereocenters. The van der Waals surface area contributed by atoms with Gasteiger partial charge in [-0.1, -0.05) is 0 Å². The van der Waals surface area contributed by atoms with Gasteiger partial charge in [0.25, 0.3) is 0 Å². The molecule has 2 heterocycles. The van der Waals surface area contributed by atoms with Gasteiger partial charge in [-0.3, -0.25) is 0 Å². The van der Waals surface area contributed by atoms with Gasteiger partial charge in [0.2, 0.25) is 0 Å². The Hall–Kier alpha value is -1.64. The lowest BCUT2D eigenvalue weighted by Crippen LogP contribution is -1.93. The Kier molecular flexibility index (Phi) is 1.43. The lowest BCUT2D eigenvalue weighted by atomic mass is 10.1. The molecule has 3 heteroatoms. The predicted molar refractivity (Wildman–Crippen MR) is 48.7 cm³/mol. The minimum Gasteiger partial charge on any atom is -0.397 e. The molecule has 60 valence electrons. The van der Waals surface area contributed by atoms with Crippen molar-refractivity contribution in [1.82, 2.24) is 9.97 Å². The van der Waals surface area contributed by atoms with Crippen molar-refractivity contribution in [3.63, 3.8) is 0 Å². The van der Waals surface area contributed by atoms with Gasteiger partial charge in [0.1, 0.15) is 0 Å². The number of nitrogen functional groups attached to an aromatic ring is 1. The van der Waals surface area contributed by atoms with Crippen LogP contribution in [0.2, 0.25) is 0 Å². The quantitative estimate of drug-likeness (QED) is 0.634. The number of aryl methyl sites for hydroxylation is 1. The molecule has 0 aliphatic carbocycles. The maximum Gasteiger partial charge on any atom is 0.159 e. The molecule has 12 heavy (non-hydrogen) atoms. The Morgan fingerprint density at radius 2 is 2.17 bits per heavy atom. The second kappa shape index (κ2) is 2.44. The molecule has 0 aromatic carbocycles. The molecule has 3 nitrogen and oxygen atoms in total. The van der Waals surface area contributed by atoms with Gasteiger partial charge in [0.05, 0.1) is 11.9 Å². The van der Waals surface area contributed by atoms with Crippen LogP contribution in [0.4, 0.5) is 5.69 Å². The summed E-state index contributed by atoms with van der Waals surface area (Å²) in [6, 6.07) is 3.86. The topological polar surface area (TPSA) is 51.8 Å². The van der Waals surface area contributed by atoms with Crippen molar-refractivity contribution in [2.45, 2.75) is 6.92 Å². The summed E-state index contributed by atoms with van der Waals surface area (Å²) < 4.78 is 0. The van der Waals surface area contributed by atoms with Gasteiger partial charge in [-0.15, -0.1) is 0 Å². The minimum absolute atomic E-state index is 0.718. The second-order valence-corrected chi connectivity index (χ2v) is 2.71. The van der Waals surface area contributed by atoms with E-state index in [0.29, 0.717) is 0 Å². The molecule has 2 aromatic rings. The van der Waals surface area contributed by atoms with Gasteiger partial charge in [-0.25, -0.2) is 9.97 Å². The maximum atomic E-state index is 5.70. The van der Waals surface area contributed by atoms with Crippen molar-refractivity contribution in [1.29, 1.82) is 0 Å². The third-order valence-corrected chi connectivity index (χ3v) is 1.95. The first-order valence-corrected chi connectivity index (χ1v) is 3.75. The largest absolute Gasteiger partial charge is 0.397 e. The van der Waals surface area contributed by atoms with E-state index in [4.69, 9.17) is 5.73 Å². The average molecular weight is 159 g/mol. The van der Waals surface area contributed by atoms with Crippen molar-refractivity contribution in [3.05, 3.63) is 30.1 Å². The number of anilines is 1. The molecule has 0 spiro atoms. The van der Waals surface area contributed by atoms with E-state index in [2.05, 4.69) is 9.97 Å². The Morgan fingerprint density at radius 3 is 3.00 bits per heavy atom. The fourth-order valence-corrected chi connectivity index (χ4v) is 1.18. The van der Waals surface area contributed by atoms with Gasteiger partial charge in [0, 0.05) is 11.6 Å². The summed E-state index contributed by atoms with van der Waals surface area (Å²) in [6.07, 6.45) is 3.37. The first kappa shape index (κ1) is 7.03. The van der Waals surface area contributed by atoms with E-state index in [0.717, 1.165) is 22.3 Å². The van der Waals surface area contributed by atoms with Crippen LogP contribution in [0.3, 0.4) is 0 Å². The zero-order valence-corrected chi connectivity index (χ0v) is 6.78. The number of aromatic nitrogens is 2. The Bertz CT molecular complexity index is 423. The summed E-state index contributed by atoms with van der Waals surface area (Å²) in [4.78, 5) is 8.22. The third-order valence-electron chi connectivity index (χ3n) is 1.95. The summed E-state index contributed by atoms with van der Waals surface area (Å²) in [6.45, 7) is 1.97. The van der Waals surface area contributed by atoms with Crippen LogP contribution in [-0.4, -0.2) is 9.97 Å². The highest BCUT2D eigenvalue weighted by Crippen LogP contribution is 2.18. The molecular formula is C9H9N3. The first-order chi connectivity index (χ1) is 5.79. The Labute approximate surface area is 70.3 Å². The summed E-state index contributed by atoms with van der Waals surface area (Å²) >= 11 is 0. The molecule has 0 radical (unpaired) electrons. The normalized spacial score (nSPS) is 10.4. The molecule has 0 fully saturated rings. The number of rotatable bonds is 0. The predicted octanol–water partition coefficient (Wildman–Crippen LogP) is 1.52. The van der Waals surface area contributed by atoms with E-state index in [-0.39, 0.29) is 0 Å². The molecule has 0 saturated heterocycles. The zero-order chi connectivity index (χ0) is 8.55. The molecule has 2 aromatic heterocycles. The van der Waals surface area contributed by atoms with Gasteiger partial charge >= 0.3 is 0 Å². The van der Waals surface area contributed by atoms with Crippen LogP contribution in [-0.2, 0) is 0 Å². The van der Waals surface area contributed by atoms with Crippen LogP contribution < -0.4 is 5.73 Å². The van der Waals surface area contributed by atoms with Crippen LogP contribution in [0.15, 0.2) is 24.5 Å². The number of hydrogen-bond acceptors (Lipinski definition) is 3. The fourth-order valence-electron chi connectivity index (χ4n) is 1.18. The zero-order valence-electron chi connectivity index (χ0n) is 6.78. The standard InChI is InChI=1S/C9H9N3/c1-6-7-3-2-4-11-9(7)12-5-8(6)10/h2-5H,10H2,1H3. The number of pyridine rings is 2. The SMILES string of the molecule is Cc1c(N)cnc2ncccc12. The lowest BCUT2D eigenvalue weighted by molar-refractivity contribution is 1.27. The van der Waals surface area contributed by atoms with Crippen molar-refractivity contribution in [2.75, 3.05) is 5.73 Å².